The molecule has 1 aromatic rings. The first kappa shape index (κ1) is 16.5. The highest BCUT2D eigenvalue weighted by Gasteiger charge is 2.29. The number of hydrogen-bond acceptors (Lipinski definition) is 2. The summed E-state index contributed by atoms with van der Waals surface area (Å²) in [6.07, 6.45) is 5.27. The van der Waals surface area contributed by atoms with E-state index in [1.807, 2.05) is 0 Å². The predicted molar refractivity (Wildman–Crippen MR) is 91.8 cm³/mol. The van der Waals surface area contributed by atoms with Gasteiger partial charge in [0.25, 0.3) is 0 Å². The SMILES string of the molecule is CCCNCC1CCCCN(C)C1c1cccc(C)c1C. The summed E-state index contributed by atoms with van der Waals surface area (Å²) < 4.78 is 0. The molecule has 1 N–H and O–H groups in total. The van der Waals surface area contributed by atoms with Crippen LogP contribution in [0.1, 0.15) is 55.3 Å². The Balaban J connectivity index is 2.25. The highest BCUT2D eigenvalue weighted by molar-refractivity contribution is 5.36. The highest BCUT2D eigenvalue weighted by Crippen LogP contribution is 2.36. The van der Waals surface area contributed by atoms with Crippen molar-refractivity contribution < 1.29 is 0 Å². The van der Waals surface area contributed by atoms with Crippen molar-refractivity contribution in [2.24, 2.45) is 5.92 Å². The third kappa shape index (κ3) is 4.08. The molecular formula is C19H32N2. The number of nitrogens with zero attached hydrogens (tertiary/aromatic N) is 1. The van der Waals surface area contributed by atoms with Crippen LogP contribution in [-0.2, 0) is 0 Å². The zero-order valence-corrected chi connectivity index (χ0v) is 14.3. The lowest BCUT2D eigenvalue weighted by Crippen LogP contribution is -2.35. The Labute approximate surface area is 130 Å². The fourth-order valence-electron chi connectivity index (χ4n) is 3.69. The number of benzene rings is 1. The van der Waals surface area contributed by atoms with E-state index in [1.165, 1.54) is 43.4 Å². The summed E-state index contributed by atoms with van der Waals surface area (Å²) >= 11 is 0. The standard InChI is InChI=1S/C19H32N2/c1-5-12-20-14-17-10-6-7-13-21(4)19(17)18-11-8-9-15(2)16(18)3/h8-9,11,17,19-20H,5-7,10,12-14H2,1-4H3. The van der Waals surface area contributed by atoms with Crippen LogP contribution in [-0.4, -0.2) is 31.6 Å². The fourth-order valence-corrected chi connectivity index (χ4v) is 3.69. The normalized spacial score (nSPS) is 24.0. The monoisotopic (exact) mass is 288 g/mol. The summed E-state index contributed by atoms with van der Waals surface area (Å²) in [5.41, 5.74) is 4.45. The van der Waals surface area contributed by atoms with Gasteiger partial charge in [0.05, 0.1) is 0 Å². The first-order chi connectivity index (χ1) is 10.1. The minimum atomic E-state index is 0.566. The summed E-state index contributed by atoms with van der Waals surface area (Å²) in [7, 11) is 2.31. The van der Waals surface area contributed by atoms with Crippen molar-refractivity contribution in [1.82, 2.24) is 10.2 Å². The van der Waals surface area contributed by atoms with Crippen LogP contribution in [0.25, 0.3) is 0 Å². The molecule has 2 nitrogen and oxygen atoms in total. The number of hydrogen-bond donors (Lipinski definition) is 1. The van der Waals surface area contributed by atoms with Gasteiger partial charge in [0.15, 0.2) is 0 Å². The summed E-state index contributed by atoms with van der Waals surface area (Å²) in [6, 6.07) is 7.38. The summed E-state index contributed by atoms with van der Waals surface area (Å²) in [5, 5.41) is 3.66. The Hall–Kier alpha value is -0.860. The molecule has 1 saturated heterocycles. The molecule has 1 aliphatic rings. The molecule has 0 aromatic heterocycles. The third-order valence-electron chi connectivity index (χ3n) is 5.06. The molecule has 1 fully saturated rings. The van der Waals surface area contributed by atoms with Crippen LogP contribution < -0.4 is 5.32 Å². The van der Waals surface area contributed by atoms with Crippen LogP contribution in [0, 0.1) is 19.8 Å². The number of rotatable bonds is 5. The van der Waals surface area contributed by atoms with Gasteiger partial charge in [-0.3, -0.25) is 4.90 Å². The van der Waals surface area contributed by atoms with Gasteiger partial charge in [-0.1, -0.05) is 31.5 Å². The van der Waals surface area contributed by atoms with Gasteiger partial charge in [-0.05, 0) is 82.4 Å². The molecule has 1 heterocycles. The van der Waals surface area contributed by atoms with Crippen LogP contribution in [0.2, 0.25) is 0 Å². The van der Waals surface area contributed by atoms with E-state index >= 15 is 0 Å². The number of likely N-dealkylation sites (tertiary alicyclic amines) is 1. The summed E-state index contributed by atoms with van der Waals surface area (Å²) in [6.45, 7) is 10.3. The van der Waals surface area contributed by atoms with Crippen LogP contribution >= 0.6 is 0 Å². The molecule has 1 aromatic carbocycles. The Morgan fingerprint density at radius 3 is 2.81 bits per heavy atom. The first-order valence-corrected chi connectivity index (χ1v) is 8.62. The molecule has 0 radical (unpaired) electrons. The molecular weight excluding hydrogens is 256 g/mol. The molecule has 0 aliphatic carbocycles. The van der Waals surface area contributed by atoms with Crippen LogP contribution in [0.3, 0.4) is 0 Å². The topological polar surface area (TPSA) is 15.3 Å². The van der Waals surface area contributed by atoms with Gasteiger partial charge in [-0.2, -0.15) is 0 Å². The second-order valence-corrected chi connectivity index (χ2v) is 6.67. The van der Waals surface area contributed by atoms with Gasteiger partial charge < -0.3 is 5.32 Å². The Bertz CT molecular complexity index is 441. The Morgan fingerprint density at radius 1 is 1.24 bits per heavy atom. The van der Waals surface area contributed by atoms with Gasteiger partial charge >= 0.3 is 0 Å². The molecule has 118 valence electrons. The molecule has 0 saturated carbocycles. The van der Waals surface area contributed by atoms with E-state index in [1.54, 1.807) is 5.56 Å². The first-order valence-electron chi connectivity index (χ1n) is 8.62. The van der Waals surface area contributed by atoms with Crippen molar-refractivity contribution in [2.45, 2.75) is 52.5 Å². The highest BCUT2D eigenvalue weighted by atomic mass is 15.1. The predicted octanol–water partition coefficient (Wildman–Crippen LogP) is 4.08. The van der Waals surface area contributed by atoms with Crippen LogP contribution in [0.15, 0.2) is 18.2 Å². The van der Waals surface area contributed by atoms with Gasteiger partial charge in [-0.15, -0.1) is 0 Å². The minimum absolute atomic E-state index is 0.566. The quantitative estimate of drug-likeness (QED) is 0.821. The van der Waals surface area contributed by atoms with Crippen LogP contribution in [0.5, 0.6) is 0 Å². The molecule has 0 amide bonds. The Morgan fingerprint density at radius 2 is 2.05 bits per heavy atom. The molecule has 1 aliphatic heterocycles. The summed E-state index contributed by atoms with van der Waals surface area (Å²) in [4.78, 5) is 2.59. The van der Waals surface area contributed by atoms with Gasteiger partial charge in [0, 0.05) is 6.04 Å². The average molecular weight is 288 g/mol. The smallest absolute Gasteiger partial charge is 0.0388 e. The third-order valence-corrected chi connectivity index (χ3v) is 5.06. The number of aryl methyl sites for hydroxylation is 1. The maximum atomic E-state index is 3.66. The lowest BCUT2D eigenvalue weighted by atomic mass is 9.86. The molecule has 0 spiro atoms. The van der Waals surface area contributed by atoms with E-state index in [4.69, 9.17) is 0 Å². The van der Waals surface area contributed by atoms with Gasteiger partial charge in [-0.25, -0.2) is 0 Å². The zero-order chi connectivity index (χ0) is 15.2. The molecule has 2 atom stereocenters. The lowest BCUT2D eigenvalue weighted by molar-refractivity contribution is 0.188. The summed E-state index contributed by atoms with van der Waals surface area (Å²) in [5.74, 6) is 0.726. The van der Waals surface area contributed by atoms with Crippen molar-refractivity contribution in [3.05, 3.63) is 34.9 Å². The second kappa shape index (κ2) is 7.95. The van der Waals surface area contributed by atoms with E-state index in [-0.39, 0.29) is 0 Å². The van der Waals surface area contributed by atoms with E-state index < -0.39 is 0 Å². The Kier molecular flexibility index (Phi) is 6.25. The lowest BCUT2D eigenvalue weighted by Gasteiger charge is -2.34. The van der Waals surface area contributed by atoms with E-state index in [0.717, 1.165) is 19.0 Å². The average Bonchev–Trinajstić information content (AvgIpc) is 2.64. The van der Waals surface area contributed by atoms with E-state index in [9.17, 15) is 0 Å². The maximum Gasteiger partial charge on any atom is 0.0388 e. The van der Waals surface area contributed by atoms with E-state index in [0.29, 0.717) is 6.04 Å². The van der Waals surface area contributed by atoms with Crippen molar-refractivity contribution in [1.29, 1.82) is 0 Å². The number of nitrogens with one attached hydrogen (secondary N) is 1. The molecule has 21 heavy (non-hydrogen) atoms. The second-order valence-electron chi connectivity index (χ2n) is 6.67. The van der Waals surface area contributed by atoms with Crippen molar-refractivity contribution in [3.63, 3.8) is 0 Å². The van der Waals surface area contributed by atoms with Crippen molar-refractivity contribution >= 4 is 0 Å². The minimum Gasteiger partial charge on any atom is -0.316 e. The zero-order valence-electron chi connectivity index (χ0n) is 14.3. The molecule has 2 rings (SSSR count). The fraction of sp³-hybridized carbons (Fsp3) is 0.684. The largest absolute Gasteiger partial charge is 0.316 e. The van der Waals surface area contributed by atoms with Crippen LogP contribution in [0.4, 0.5) is 0 Å². The molecule has 0 bridgehead atoms. The van der Waals surface area contributed by atoms with Gasteiger partial charge in [0.2, 0.25) is 0 Å². The van der Waals surface area contributed by atoms with Crippen molar-refractivity contribution in [3.8, 4) is 0 Å². The maximum absolute atomic E-state index is 3.66. The molecule has 2 heteroatoms. The van der Waals surface area contributed by atoms with E-state index in [2.05, 4.69) is 56.2 Å². The van der Waals surface area contributed by atoms with Gasteiger partial charge in [0.1, 0.15) is 0 Å². The van der Waals surface area contributed by atoms with Crippen molar-refractivity contribution in [2.75, 3.05) is 26.7 Å². The molecule has 2 unspecified atom stereocenters.